The van der Waals surface area contributed by atoms with Crippen LogP contribution in [0.1, 0.15) is 25.3 Å². The van der Waals surface area contributed by atoms with Gasteiger partial charge in [0.2, 0.25) is 10.0 Å². The van der Waals surface area contributed by atoms with Crippen LogP contribution in [0.15, 0.2) is 29.2 Å². The highest BCUT2D eigenvalue weighted by atomic mass is 32.2. The lowest BCUT2D eigenvalue weighted by Crippen LogP contribution is -2.38. The first kappa shape index (κ1) is 14.5. The first-order valence-electron chi connectivity index (χ1n) is 6.91. The van der Waals surface area contributed by atoms with Crippen LogP contribution in [0.5, 0.6) is 0 Å². The Labute approximate surface area is 115 Å². The molecule has 0 aromatic heterocycles. The van der Waals surface area contributed by atoms with E-state index >= 15 is 0 Å². The summed E-state index contributed by atoms with van der Waals surface area (Å²) in [5, 5.41) is 3.30. The molecule has 1 saturated heterocycles. The largest absolute Gasteiger partial charge is 0.316 e. The van der Waals surface area contributed by atoms with Gasteiger partial charge in [-0.3, -0.25) is 0 Å². The van der Waals surface area contributed by atoms with Gasteiger partial charge in [0, 0.05) is 6.54 Å². The molecular weight excluding hydrogens is 260 g/mol. The lowest BCUT2D eigenvalue weighted by Gasteiger charge is -2.23. The smallest absolute Gasteiger partial charge is 0.240 e. The van der Waals surface area contributed by atoms with Crippen molar-refractivity contribution in [1.82, 2.24) is 10.0 Å². The fourth-order valence-corrected chi connectivity index (χ4v) is 3.89. The van der Waals surface area contributed by atoms with Gasteiger partial charge in [-0.05, 0) is 49.9 Å². The molecule has 5 heteroatoms. The van der Waals surface area contributed by atoms with Crippen LogP contribution in [0.4, 0.5) is 0 Å². The summed E-state index contributed by atoms with van der Waals surface area (Å²) in [6.45, 7) is 4.44. The second-order valence-electron chi connectivity index (χ2n) is 5.03. The number of nitrogens with one attached hydrogen (secondary N) is 2. The van der Waals surface area contributed by atoms with Crippen LogP contribution < -0.4 is 10.0 Å². The van der Waals surface area contributed by atoms with E-state index < -0.39 is 10.0 Å². The van der Waals surface area contributed by atoms with Crippen molar-refractivity contribution in [3.8, 4) is 0 Å². The van der Waals surface area contributed by atoms with Gasteiger partial charge in [0.1, 0.15) is 0 Å². The Hall–Kier alpha value is -0.910. The zero-order valence-electron chi connectivity index (χ0n) is 11.4. The molecule has 1 fully saturated rings. The molecule has 106 valence electrons. The Kier molecular flexibility index (Phi) is 4.96. The van der Waals surface area contributed by atoms with E-state index in [-0.39, 0.29) is 0 Å². The number of hydrogen-bond donors (Lipinski definition) is 2. The molecule has 0 bridgehead atoms. The molecule has 1 aliphatic heterocycles. The third-order valence-electron chi connectivity index (χ3n) is 3.60. The van der Waals surface area contributed by atoms with Gasteiger partial charge in [0.15, 0.2) is 0 Å². The normalized spacial score (nSPS) is 20.4. The molecule has 1 aromatic rings. The summed E-state index contributed by atoms with van der Waals surface area (Å²) in [5.41, 5.74) is 0.872. The predicted molar refractivity (Wildman–Crippen MR) is 76.6 cm³/mol. The minimum Gasteiger partial charge on any atom is -0.316 e. The van der Waals surface area contributed by atoms with E-state index in [1.807, 2.05) is 19.1 Å². The van der Waals surface area contributed by atoms with Crippen molar-refractivity contribution in [3.63, 3.8) is 0 Å². The lowest BCUT2D eigenvalue weighted by molar-refractivity contribution is 0.376. The maximum atomic E-state index is 12.3. The van der Waals surface area contributed by atoms with E-state index in [4.69, 9.17) is 0 Å². The zero-order valence-corrected chi connectivity index (χ0v) is 12.2. The van der Waals surface area contributed by atoms with Crippen molar-refractivity contribution >= 4 is 10.0 Å². The predicted octanol–water partition coefficient (Wildman–Crippen LogP) is 1.53. The van der Waals surface area contributed by atoms with Gasteiger partial charge in [-0.25, -0.2) is 13.1 Å². The highest BCUT2D eigenvalue weighted by Crippen LogP contribution is 2.16. The minimum atomic E-state index is -3.38. The van der Waals surface area contributed by atoms with Crippen LogP contribution in [0.3, 0.4) is 0 Å². The van der Waals surface area contributed by atoms with Crippen molar-refractivity contribution in [2.75, 3.05) is 19.6 Å². The third-order valence-corrected chi connectivity index (χ3v) is 5.13. The van der Waals surface area contributed by atoms with Crippen LogP contribution in [0.2, 0.25) is 0 Å². The number of benzene rings is 1. The molecule has 1 unspecified atom stereocenters. The monoisotopic (exact) mass is 282 g/mol. The molecule has 1 heterocycles. The van der Waals surface area contributed by atoms with Gasteiger partial charge in [-0.15, -0.1) is 0 Å². The third kappa shape index (κ3) is 3.78. The first-order chi connectivity index (χ1) is 9.13. The summed E-state index contributed by atoms with van der Waals surface area (Å²) in [6.07, 6.45) is 2.94. The molecule has 1 atom stereocenters. The molecular formula is C14H22N2O2S. The highest BCUT2D eigenvalue weighted by Gasteiger charge is 2.20. The van der Waals surface area contributed by atoms with Gasteiger partial charge in [0.25, 0.3) is 0 Å². The Morgan fingerprint density at radius 1 is 1.37 bits per heavy atom. The van der Waals surface area contributed by atoms with Gasteiger partial charge < -0.3 is 5.32 Å². The minimum absolute atomic E-state index is 0.400. The number of piperidine rings is 1. The molecule has 4 nitrogen and oxygen atoms in total. The number of aryl methyl sites for hydroxylation is 1. The summed E-state index contributed by atoms with van der Waals surface area (Å²) >= 11 is 0. The van der Waals surface area contributed by atoms with Gasteiger partial charge in [0.05, 0.1) is 4.90 Å². The van der Waals surface area contributed by atoms with Crippen molar-refractivity contribution in [2.24, 2.45) is 5.92 Å². The molecule has 19 heavy (non-hydrogen) atoms. The summed E-state index contributed by atoms with van der Waals surface area (Å²) in [5.74, 6) is 0.400. The molecule has 0 radical (unpaired) electrons. The summed E-state index contributed by atoms with van der Waals surface area (Å²) in [6, 6.07) is 7.20. The standard InChI is InChI=1S/C14H22N2O2S/c1-2-13-7-3-4-8-14(13)19(17,18)16-11-12-6-5-9-15-10-12/h3-4,7-8,12,15-16H,2,5-6,9-11H2,1H3. The molecule has 0 aliphatic carbocycles. The van der Waals surface area contributed by atoms with E-state index in [0.717, 1.165) is 37.9 Å². The van der Waals surface area contributed by atoms with Crippen molar-refractivity contribution in [3.05, 3.63) is 29.8 Å². The fraction of sp³-hybridized carbons (Fsp3) is 0.571. The van der Waals surface area contributed by atoms with Crippen LogP contribution in [-0.2, 0) is 16.4 Å². The second kappa shape index (κ2) is 6.50. The van der Waals surface area contributed by atoms with E-state index in [1.165, 1.54) is 0 Å². The SMILES string of the molecule is CCc1ccccc1S(=O)(=O)NCC1CCCNC1. The number of sulfonamides is 1. The Morgan fingerprint density at radius 3 is 2.84 bits per heavy atom. The van der Waals surface area contributed by atoms with Crippen LogP contribution in [-0.4, -0.2) is 28.1 Å². The molecule has 0 saturated carbocycles. The van der Waals surface area contributed by atoms with Crippen molar-refractivity contribution < 1.29 is 8.42 Å². The van der Waals surface area contributed by atoms with Gasteiger partial charge in [-0.2, -0.15) is 0 Å². The van der Waals surface area contributed by atoms with Crippen molar-refractivity contribution in [1.29, 1.82) is 0 Å². The number of rotatable bonds is 5. The molecule has 2 N–H and O–H groups in total. The van der Waals surface area contributed by atoms with E-state index in [2.05, 4.69) is 10.0 Å². The van der Waals surface area contributed by atoms with Gasteiger partial charge >= 0.3 is 0 Å². The maximum absolute atomic E-state index is 12.3. The van der Waals surface area contributed by atoms with Gasteiger partial charge in [-0.1, -0.05) is 25.1 Å². The molecule has 1 aliphatic rings. The van der Waals surface area contributed by atoms with Crippen LogP contribution >= 0.6 is 0 Å². The van der Waals surface area contributed by atoms with Crippen LogP contribution in [0, 0.1) is 5.92 Å². The summed E-state index contributed by atoms with van der Waals surface area (Å²) in [7, 11) is -3.38. The van der Waals surface area contributed by atoms with E-state index in [9.17, 15) is 8.42 Å². The second-order valence-corrected chi connectivity index (χ2v) is 6.76. The Balaban J connectivity index is 2.05. The Bertz CT molecular complexity index is 508. The summed E-state index contributed by atoms with van der Waals surface area (Å²) in [4.78, 5) is 0.418. The molecule has 2 rings (SSSR count). The highest BCUT2D eigenvalue weighted by molar-refractivity contribution is 7.89. The molecule has 0 amide bonds. The zero-order chi connectivity index (χ0) is 13.7. The van der Waals surface area contributed by atoms with E-state index in [0.29, 0.717) is 17.4 Å². The van der Waals surface area contributed by atoms with Crippen LogP contribution in [0.25, 0.3) is 0 Å². The molecule has 0 spiro atoms. The average Bonchev–Trinajstić information content (AvgIpc) is 2.46. The number of hydrogen-bond acceptors (Lipinski definition) is 3. The lowest BCUT2D eigenvalue weighted by atomic mass is 10.0. The molecule has 1 aromatic carbocycles. The maximum Gasteiger partial charge on any atom is 0.240 e. The Morgan fingerprint density at radius 2 is 2.16 bits per heavy atom. The quantitative estimate of drug-likeness (QED) is 0.861. The fourth-order valence-electron chi connectivity index (χ4n) is 2.46. The first-order valence-corrected chi connectivity index (χ1v) is 8.40. The topological polar surface area (TPSA) is 58.2 Å². The van der Waals surface area contributed by atoms with E-state index in [1.54, 1.807) is 12.1 Å². The average molecular weight is 282 g/mol. The van der Waals surface area contributed by atoms with Crippen molar-refractivity contribution in [2.45, 2.75) is 31.1 Å². The summed E-state index contributed by atoms with van der Waals surface area (Å²) < 4.78 is 27.4.